The van der Waals surface area contributed by atoms with Crippen molar-refractivity contribution in [3.05, 3.63) is 0 Å². The van der Waals surface area contributed by atoms with E-state index in [-0.39, 0.29) is 5.54 Å². The van der Waals surface area contributed by atoms with Gasteiger partial charge < -0.3 is 10.2 Å². The predicted molar refractivity (Wildman–Crippen MR) is 80.9 cm³/mol. The summed E-state index contributed by atoms with van der Waals surface area (Å²) in [5.41, 5.74) is 0.717. The van der Waals surface area contributed by atoms with E-state index in [1.807, 2.05) is 0 Å². The van der Waals surface area contributed by atoms with Gasteiger partial charge in [-0.2, -0.15) is 0 Å². The Bertz CT molecular complexity index is 247. The van der Waals surface area contributed by atoms with Crippen molar-refractivity contribution in [3.8, 4) is 0 Å². The van der Waals surface area contributed by atoms with E-state index in [1.54, 1.807) is 0 Å². The van der Waals surface area contributed by atoms with Crippen LogP contribution in [-0.2, 0) is 0 Å². The molecule has 0 aromatic rings. The third kappa shape index (κ3) is 5.71. The van der Waals surface area contributed by atoms with Crippen LogP contribution in [0.5, 0.6) is 0 Å². The molecule has 1 aliphatic heterocycles. The Labute approximate surface area is 115 Å². The molecule has 0 spiro atoms. The summed E-state index contributed by atoms with van der Waals surface area (Å²) in [7, 11) is 0. The van der Waals surface area contributed by atoms with Crippen molar-refractivity contribution >= 4 is 0 Å². The summed E-state index contributed by atoms with van der Waals surface area (Å²) in [4.78, 5) is 2.66. The first kappa shape index (κ1) is 16.0. The van der Waals surface area contributed by atoms with Gasteiger partial charge in [-0.15, -0.1) is 0 Å². The van der Waals surface area contributed by atoms with Crippen molar-refractivity contribution in [2.75, 3.05) is 26.2 Å². The normalized spacial score (nSPS) is 24.5. The van der Waals surface area contributed by atoms with Crippen molar-refractivity contribution in [2.24, 2.45) is 17.3 Å². The first-order chi connectivity index (χ1) is 8.08. The van der Waals surface area contributed by atoms with Crippen LogP contribution < -0.4 is 5.32 Å². The molecular formula is C16H34N2. The molecule has 108 valence electrons. The van der Waals surface area contributed by atoms with Crippen molar-refractivity contribution in [1.29, 1.82) is 0 Å². The third-order valence-electron chi connectivity index (χ3n) is 4.05. The zero-order valence-corrected chi connectivity index (χ0v) is 13.6. The number of nitrogens with one attached hydrogen (secondary N) is 1. The highest BCUT2D eigenvalue weighted by Gasteiger charge is 2.31. The second-order valence-corrected chi connectivity index (χ2v) is 8.35. The van der Waals surface area contributed by atoms with Crippen molar-refractivity contribution in [1.82, 2.24) is 10.2 Å². The quantitative estimate of drug-likeness (QED) is 0.827. The molecule has 2 atom stereocenters. The molecule has 1 saturated heterocycles. The Balaban J connectivity index is 2.28. The molecule has 1 N–H and O–H groups in total. The van der Waals surface area contributed by atoms with Gasteiger partial charge in [0, 0.05) is 18.6 Å². The summed E-state index contributed by atoms with van der Waals surface area (Å²) in [6.45, 7) is 21.2. The van der Waals surface area contributed by atoms with Crippen LogP contribution in [0.4, 0.5) is 0 Å². The van der Waals surface area contributed by atoms with Crippen molar-refractivity contribution in [3.63, 3.8) is 0 Å². The second kappa shape index (κ2) is 5.92. The summed E-state index contributed by atoms with van der Waals surface area (Å²) in [5.74, 6) is 1.61. The minimum Gasteiger partial charge on any atom is -0.312 e. The molecule has 1 aliphatic rings. The van der Waals surface area contributed by atoms with E-state index in [4.69, 9.17) is 0 Å². The summed E-state index contributed by atoms with van der Waals surface area (Å²) in [6.07, 6.45) is 1.38. The number of nitrogens with zero attached hydrogens (tertiary/aromatic N) is 1. The lowest BCUT2D eigenvalue weighted by Crippen LogP contribution is -2.41. The Morgan fingerprint density at radius 1 is 1.17 bits per heavy atom. The molecule has 0 aliphatic carbocycles. The maximum absolute atomic E-state index is 3.61. The van der Waals surface area contributed by atoms with E-state index in [1.165, 1.54) is 26.1 Å². The first-order valence-corrected chi connectivity index (χ1v) is 7.55. The number of hydrogen-bond acceptors (Lipinski definition) is 2. The van der Waals surface area contributed by atoms with Gasteiger partial charge in [0.15, 0.2) is 0 Å². The van der Waals surface area contributed by atoms with E-state index in [9.17, 15) is 0 Å². The molecule has 2 heteroatoms. The molecule has 0 aromatic heterocycles. The smallest absolute Gasteiger partial charge is 0.00966 e. The molecule has 1 rings (SSSR count). The Morgan fingerprint density at radius 2 is 1.78 bits per heavy atom. The molecule has 0 amide bonds. The lowest BCUT2D eigenvalue weighted by atomic mass is 9.80. The zero-order valence-electron chi connectivity index (χ0n) is 13.6. The van der Waals surface area contributed by atoms with Gasteiger partial charge in [0.2, 0.25) is 0 Å². The van der Waals surface area contributed by atoms with Crippen molar-refractivity contribution in [2.45, 2.75) is 60.4 Å². The van der Waals surface area contributed by atoms with Gasteiger partial charge in [0.25, 0.3) is 0 Å². The highest BCUT2D eigenvalue weighted by Crippen LogP contribution is 2.33. The Kier molecular flexibility index (Phi) is 5.25. The van der Waals surface area contributed by atoms with E-state index in [0.29, 0.717) is 5.41 Å². The minimum atomic E-state index is 0.243. The average Bonchev–Trinajstić information content (AvgIpc) is 2.61. The predicted octanol–water partition coefficient (Wildman–Crippen LogP) is 3.38. The molecule has 2 nitrogen and oxygen atoms in total. The van der Waals surface area contributed by atoms with Crippen LogP contribution >= 0.6 is 0 Å². The van der Waals surface area contributed by atoms with E-state index in [2.05, 4.69) is 58.7 Å². The monoisotopic (exact) mass is 254 g/mol. The molecule has 0 saturated carbocycles. The van der Waals surface area contributed by atoms with Crippen LogP contribution in [0.3, 0.4) is 0 Å². The van der Waals surface area contributed by atoms with Crippen LogP contribution in [0, 0.1) is 17.3 Å². The summed E-state index contributed by atoms with van der Waals surface area (Å²) in [5, 5.41) is 3.61. The topological polar surface area (TPSA) is 15.3 Å². The number of hydrogen-bond donors (Lipinski definition) is 1. The zero-order chi connectivity index (χ0) is 14.0. The molecule has 1 fully saturated rings. The maximum Gasteiger partial charge on any atom is 0.00966 e. The van der Waals surface area contributed by atoms with Crippen LogP contribution in [0.15, 0.2) is 0 Å². The lowest BCUT2D eigenvalue weighted by molar-refractivity contribution is 0.213. The van der Waals surface area contributed by atoms with Crippen LogP contribution in [0.1, 0.15) is 54.9 Å². The van der Waals surface area contributed by atoms with E-state index in [0.717, 1.165) is 18.4 Å². The van der Waals surface area contributed by atoms with Crippen LogP contribution in [0.25, 0.3) is 0 Å². The third-order valence-corrected chi connectivity index (χ3v) is 4.05. The second-order valence-electron chi connectivity index (χ2n) is 8.35. The van der Waals surface area contributed by atoms with Gasteiger partial charge in [-0.25, -0.2) is 0 Å². The highest BCUT2D eigenvalue weighted by atomic mass is 15.2. The van der Waals surface area contributed by atoms with Gasteiger partial charge in [0.05, 0.1) is 0 Å². The number of rotatable bonds is 4. The molecule has 0 radical (unpaired) electrons. The Hall–Kier alpha value is -0.0800. The fraction of sp³-hybridized carbons (Fsp3) is 1.00. The molecule has 2 unspecified atom stereocenters. The fourth-order valence-electron chi connectivity index (χ4n) is 2.69. The standard InChI is InChI=1S/C16H34N2/c1-13(10-17-16(5,6)7)11-18-9-8-14(12-18)15(2,3)4/h13-14,17H,8-12H2,1-7H3. The Morgan fingerprint density at radius 3 is 2.22 bits per heavy atom. The van der Waals surface area contributed by atoms with Gasteiger partial charge in [0.1, 0.15) is 0 Å². The van der Waals surface area contributed by atoms with E-state index >= 15 is 0 Å². The molecule has 18 heavy (non-hydrogen) atoms. The van der Waals surface area contributed by atoms with Gasteiger partial charge in [-0.1, -0.05) is 27.7 Å². The average molecular weight is 254 g/mol. The SMILES string of the molecule is CC(CNC(C)(C)C)CN1CCC(C(C)(C)C)C1. The first-order valence-electron chi connectivity index (χ1n) is 7.55. The van der Waals surface area contributed by atoms with E-state index < -0.39 is 0 Å². The minimum absolute atomic E-state index is 0.243. The molecular weight excluding hydrogens is 220 g/mol. The van der Waals surface area contributed by atoms with Gasteiger partial charge >= 0.3 is 0 Å². The van der Waals surface area contributed by atoms with Gasteiger partial charge in [-0.3, -0.25) is 0 Å². The number of likely N-dealkylation sites (tertiary alicyclic amines) is 1. The van der Waals surface area contributed by atoms with Crippen LogP contribution in [0.2, 0.25) is 0 Å². The summed E-state index contributed by atoms with van der Waals surface area (Å²) in [6, 6.07) is 0. The van der Waals surface area contributed by atoms with Crippen LogP contribution in [-0.4, -0.2) is 36.6 Å². The summed E-state index contributed by atoms with van der Waals surface area (Å²) < 4.78 is 0. The maximum atomic E-state index is 3.61. The lowest BCUT2D eigenvalue weighted by Gasteiger charge is -2.29. The molecule has 1 heterocycles. The fourth-order valence-corrected chi connectivity index (χ4v) is 2.69. The highest BCUT2D eigenvalue weighted by molar-refractivity contribution is 4.84. The molecule has 0 bridgehead atoms. The van der Waals surface area contributed by atoms with Crippen molar-refractivity contribution < 1.29 is 0 Å². The largest absolute Gasteiger partial charge is 0.312 e. The summed E-state index contributed by atoms with van der Waals surface area (Å²) >= 11 is 0. The van der Waals surface area contributed by atoms with Gasteiger partial charge in [-0.05, 0) is 57.5 Å². The molecule has 0 aromatic carbocycles.